The third-order valence-corrected chi connectivity index (χ3v) is 3.76. The fourth-order valence-electron chi connectivity index (χ4n) is 2.55. The van der Waals surface area contributed by atoms with E-state index in [0.29, 0.717) is 13.0 Å². The van der Waals surface area contributed by atoms with E-state index >= 15 is 0 Å². The van der Waals surface area contributed by atoms with Crippen LogP contribution >= 0.6 is 0 Å². The Balaban J connectivity index is 2.54. The van der Waals surface area contributed by atoms with E-state index in [4.69, 9.17) is 5.11 Å². The van der Waals surface area contributed by atoms with Gasteiger partial charge in [-0.05, 0) is 33.1 Å². The van der Waals surface area contributed by atoms with Gasteiger partial charge in [-0.3, -0.25) is 9.59 Å². The van der Waals surface area contributed by atoms with E-state index in [0.717, 1.165) is 0 Å². The summed E-state index contributed by atoms with van der Waals surface area (Å²) in [5.74, 6) is -3.98. The van der Waals surface area contributed by atoms with Crippen LogP contribution in [-0.2, 0) is 9.59 Å². The van der Waals surface area contributed by atoms with Crippen LogP contribution in [0, 0.1) is 5.92 Å². The van der Waals surface area contributed by atoms with Crippen molar-refractivity contribution in [3.63, 3.8) is 0 Å². The first-order chi connectivity index (χ1) is 9.23. The van der Waals surface area contributed by atoms with Crippen LogP contribution in [0.25, 0.3) is 0 Å². The Morgan fingerprint density at radius 2 is 1.85 bits per heavy atom. The summed E-state index contributed by atoms with van der Waals surface area (Å²) < 4.78 is 26.2. The summed E-state index contributed by atoms with van der Waals surface area (Å²) in [5, 5.41) is 8.62. The van der Waals surface area contributed by atoms with Gasteiger partial charge in [-0.1, -0.05) is 0 Å². The normalized spacial score (nSPS) is 19.1. The number of halogens is 2. The molecule has 1 N–H and O–H groups in total. The highest BCUT2D eigenvalue weighted by Crippen LogP contribution is 2.37. The standard InChI is InChI=1S/C14H23F2NO3/c1-10(2)17(9-3-4-12(18)19)13(20)11-5-7-14(15,16)8-6-11/h10-11H,3-9H2,1-2H3,(H,18,19). The number of carboxylic acids is 1. The minimum atomic E-state index is -2.64. The van der Waals surface area contributed by atoms with Crippen molar-refractivity contribution in [1.82, 2.24) is 4.90 Å². The number of carbonyl (C=O) groups excluding carboxylic acids is 1. The summed E-state index contributed by atoms with van der Waals surface area (Å²) in [6, 6.07) is -0.0428. The van der Waals surface area contributed by atoms with Crippen molar-refractivity contribution in [2.75, 3.05) is 6.54 Å². The monoisotopic (exact) mass is 291 g/mol. The number of nitrogens with zero attached hydrogens (tertiary/aromatic N) is 1. The number of amides is 1. The predicted molar refractivity (Wildman–Crippen MR) is 70.6 cm³/mol. The summed E-state index contributed by atoms with van der Waals surface area (Å²) in [4.78, 5) is 24.5. The highest BCUT2D eigenvalue weighted by atomic mass is 19.3. The van der Waals surface area contributed by atoms with E-state index < -0.39 is 11.9 Å². The molecule has 116 valence electrons. The lowest BCUT2D eigenvalue weighted by molar-refractivity contribution is -0.143. The first-order valence-corrected chi connectivity index (χ1v) is 7.13. The molecular formula is C14H23F2NO3. The average molecular weight is 291 g/mol. The Labute approximate surface area is 118 Å². The zero-order chi connectivity index (χ0) is 15.3. The number of rotatable bonds is 6. The van der Waals surface area contributed by atoms with Crippen molar-refractivity contribution in [2.24, 2.45) is 5.92 Å². The molecule has 0 aromatic carbocycles. The van der Waals surface area contributed by atoms with E-state index in [1.54, 1.807) is 4.90 Å². The zero-order valence-corrected chi connectivity index (χ0v) is 12.1. The molecule has 1 aliphatic carbocycles. The maximum Gasteiger partial charge on any atom is 0.303 e. The number of alkyl halides is 2. The molecule has 0 saturated heterocycles. The fraction of sp³-hybridized carbons (Fsp3) is 0.857. The van der Waals surface area contributed by atoms with Gasteiger partial charge in [0, 0.05) is 37.8 Å². The van der Waals surface area contributed by atoms with Crippen molar-refractivity contribution in [2.45, 2.75) is 64.3 Å². The lowest BCUT2D eigenvalue weighted by Gasteiger charge is -2.34. The summed E-state index contributed by atoms with van der Waals surface area (Å²) in [7, 11) is 0. The van der Waals surface area contributed by atoms with Crippen LogP contribution in [-0.4, -0.2) is 40.4 Å². The van der Waals surface area contributed by atoms with Gasteiger partial charge in [0.25, 0.3) is 0 Å². The van der Waals surface area contributed by atoms with Crippen LogP contribution in [0.5, 0.6) is 0 Å². The van der Waals surface area contributed by atoms with Crippen molar-refractivity contribution >= 4 is 11.9 Å². The molecule has 20 heavy (non-hydrogen) atoms. The minimum Gasteiger partial charge on any atom is -0.481 e. The lowest BCUT2D eigenvalue weighted by Crippen LogP contribution is -2.43. The largest absolute Gasteiger partial charge is 0.481 e. The van der Waals surface area contributed by atoms with Crippen LogP contribution in [0.1, 0.15) is 52.4 Å². The number of carboxylic acid groups (broad SMARTS) is 1. The van der Waals surface area contributed by atoms with Gasteiger partial charge < -0.3 is 10.0 Å². The molecule has 0 aliphatic heterocycles. The number of hydrogen-bond donors (Lipinski definition) is 1. The highest BCUT2D eigenvalue weighted by molar-refractivity contribution is 5.79. The Hall–Kier alpha value is -1.20. The summed E-state index contributed by atoms with van der Waals surface area (Å²) in [6.45, 7) is 4.09. The molecule has 0 unspecified atom stereocenters. The van der Waals surface area contributed by atoms with E-state index in [2.05, 4.69) is 0 Å². The maximum atomic E-state index is 13.1. The Morgan fingerprint density at radius 3 is 2.30 bits per heavy atom. The first-order valence-electron chi connectivity index (χ1n) is 7.13. The number of carbonyl (C=O) groups is 2. The van der Waals surface area contributed by atoms with Crippen molar-refractivity contribution in [3.05, 3.63) is 0 Å². The molecule has 1 rings (SSSR count). The van der Waals surface area contributed by atoms with E-state index in [-0.39, 0.29) is 50.0 Å². The minimum absolute atomic E-state index is 0.0131. The van der Waals surface area contributed by atoms with Gasteiger partial charge >= 0.3 is 5.97 Å². The fourth-order valence-corrected chi connectivity index (χ4v) is 2.55. The summed E-state index contributed by atoms with van der Waals surface area (Å²) in [6.07, 6.45) is 0.373. The van der Waals surface area contributed by atoms with Gasteiger partial charge in [0.15, 0.2) is 0 Å². The molecule has 1 saturated carbocycles. The molecule has 0 heterocycles. The van der Waals surface area contributed by atoms with Gasteiger partial charge in [0.05, 0.1) is 0 Å². The van der Waals surface area contributed by atoms with E-state index in [9.17, 15) is 18.4 Å². The first kappa shape index (κ1) is 16.9. The topological polar surface area (TPSA) is 57.6 Å². The molecule has 0 bridgehead atoms. The van der Waals surface area contributed by atoms with Crippen LogP contribution in [0.3, 0.4) is 0 Å². The predicted octanol–water partition coefficient (Wildman–Crippen LogP) is 2.91. The summed E-state index contributed by atoms with van der Waals surface area (Å²) in [5.41, 5.74) is 0. The number of aliphatic carboxylic acids is 1. The second-order valence-electron chi connectivity index (χ2n) is 5.75. The van der Waals surface area contributed by atoms with Crippen LogP contribution in [0.15, 0.2) is 0 Å². The molecule has 6 heteroatoms. The van der Waals surface area contributed by atoms with Crippen molar-refractivity contribution in [3.8, 4) is 0 Å². The van der Waals surface area contributed by atoms with Gasteiger partial charge in [-0.25, -0.2) is 8.78 Å². The third kappa shape index (κ3) is 5.06. The van der Waals surface area contributed by atoms with E-state index in [1.807, 2.05) is 13.8 Å². The van der Waals surface area contributed by atoms with E-state index in [1.165, 1.54) is 0 Å². The van der Waals surface area contributed by atoms with Crippen molar-refractivity contribution < 1.29 is 23.5 Å². The van der Waals surface area contributed by atoms with Crippen molar-refractivity contribution in [1.29, 1.82) is 0 Å². The molecule has 0 radical (unpaired) electrons. The molecule has 1 fully saturated rings. The highest BCUT2D eigenvalue weighted by Gasteiger charge is 2.38. The van der Waals surface area contributed by atoms with Gasteiger partial charge in [0.1, 0.15) is 0 Å². The molecule has 0 aromatic rings. The molecule has 0 atom stereocenters. The molecule has 0 spiro atoms. The summed E-state index contributed by atoms with van der Waals surface area (Å²) >= 11 is 0. The average Bonchev–Trinajstić information content (AvgIpc) is 2.33. The third-order valence-electron chi connectivity index (χ3n) is 3.76. The maximum absolute atomic E-state index is 13.1. The van der Waals surface area contributed by atoms with Crippen LogP contribution in [0.4, 0.5) is 8.78 Å². The van der Waals surface area contributed by atoms with Gasteiger partial charge in [-0.15, -0.1) is 0 Å². The molecule has 4 nitrogen and oxygen atoms in total. The number of hydrogen-bond acceptors (Lipinski definition) is 2. The van der Waals surface area contributed by atoms with Gasteiger partial charge in [-0.2, -0.15) is 0 Å². The zero-order valence-electron chi connectivity index (χ0n) is 12.1. The van der Waals surface area contributed by atoms with Crippen LogP contribution < -0.4 is 0 Å². The van der Waals surface area contributed by atoms with Gasteiger partial charge in [0.2, 0.25) is 11.8 Å². The molecular weight excluding hydrogens is 268 g/mol. The Kier molecular flexibility index (Phi) is 5.89. The molecule has 1 amide bonds. The SMILES string of the molecule is CC(C)N(CCCC(=O)O)C(=O)C1CCC(F)(F)CC1. The lowest BCUT2D eigenvalue weighted by atomic mass is 9.85. The Bertz CT molecular complexity index is 348. The second kappa shape index (κ2) is 6.99. The quantitative estimate of drug-likeness (QED) is 0.818. The molecule has 1 aliphatic rings. The smallest absolute Gasteiger partial charge is 0.303 e. The van der Waals surface area contributed by atoms with Crippen LogP contribution in [0.2, 0.25) is 0 Å². The Morgan fingerprint density at radius 1 is 1.30 bits per heavy atom. The molecule has 0 aromatic heterocycles. The second-order valence-corrected chi connectivity index (χ2v) is 5.75.